The highest BCUT2D eigenvalue weighted by atomic mass is 16.6. The van der Waals surface area contributed by atoms with Crippen LogP contribution in [-0.2, 0) is 20.9 Å². The highest BCUT2D eigenvalue weighted by molar-refractivity contribution is 5.75. The molecule has 1 saturated heterocycles. The highest BCUT2D eigenvalue weighted by Gasteiger charge is 2.15. The van der Waals surface area contributed by atoms with E-state index in [4.69, 9.17) is 4.74 Å². The largest absolute Gasteiger partial charge is 0.482 e. The zero-order chi connectivity index (χ0) is 16.5. The van der Waals surface area contributed by atoms with Crippen molar-refractivity contribution < 1.29 is 19.1 Å². The van der Waals surface area contributed by atoms with E-state index in [1.165, 1.54) is 7.11 Å². The van der Waals surface area contributed by atoms with Gasteiger partial charge in [0.1, 0.15) is 5.75 Å². The van der Waals surface area contributed by atoms with E-state index in [0.717, 1.165) is 31.5 Å². The lowest BCUT2D eigenvalue weighted by atomic mass is 10.0. The van der Waals surface area contributed by atoms with Gasteiger partial charge in [-0.05, 0) is 49.5 Å². The van der Waals surface area contributed by atoms with Crippen LogP contribution in [0.1, 0.15) is 24.8 Å². The molecule has 1 aromatic carbocycles. The minimum absolute atomic E-state index is 0.0674. The molecule has 0 saturated carbocycles. The second-order valence-corrected chi connectivity index (χ2v) is 5.69. The Bertz CT molecular complexity index is 527. The number of carbonyl (C=O) groups is 2. The summed E-state index contributed by atoms with van der Waals surface area (Å²) in [6, 6.07) is 7.32. The average Bonchev–Trinajstić information content (AvgIpc) is 3.10. The fraction of sp³-hybridized carbons (Fsp3) is 0.529. The third-order valence-electron chi connectivity index (χ3n) is 3.91. The fourth-order valence-corrected chi connectivity index (χ4v) is 2.53. The summed E-state index contributed by atoms with van der Waals surface area (Å²) in [5.41, 5.74) is 0.934. The third-order valence-corrected chi connectivity index (χ3v) is 3.91. The zero-order valence-corrected chi connectivity index (χ0v) is 13.5. The molecule has 0 radical (unpaired) electrons. The number of nitrogens with one attached hydrogen (secondary N) is 2. The van der Waals surface area contributed by atoms with Gasteiger partial charge in [-0.25, -0.2) is 4.79 Å². The minimum Gasteiger partial charge on any atom is -0.482 e. The number of amides is 1. The highest BCUT2D eigenvalue weighted by Crippen LogP contribution is 2.15. The molecule has 6 heteroatoms. The van der Waals surface area contributed by atoms with E-state index in [9.17, 15) is 9.59 Å². The number of hydrogen-bond donors (Lipinski definition) is 2. The van der Waals surface area contributed by atoms with Crippen LogP contribution in [0, 0.1) is 5.92 Å². The molecule has 23 heavy (non-hydrogen) atoms. The molecule has 1 unspecified atom stereocenters. The molecule has 0 bridgehead atoms. The first-order valence-corrected chi connectivity index (χ1v) is 7.93. The predicted molar refractivity (Wildman–Crippen MR) is 86.0 cm³/mol. The molecule has 2 rings (SSSR count). The van der Waals surface area contributed by atoms with E-state index in [2.05, 4.69) is 15.4 Å². The number of benzene rings is 1. The van der Waals surface area contributed by atoms with Gasteiger partial charge in [-0.2, -0.15) is 0 Å². The molecule has 1 aliphatic rings. The van der Waals surface area contributed by atoms with Gasteiger partial charge in [-0.15, -0.1) is 0 Å². The Kier molecular flexibility index (Phi) is 6.87. The summed E-state index contributed by atoms with van der Waals surface area (Å²) in [5, 5.41) is 6.23. The molecule has 1 fully saturated rings. The Morgan fingerprint density at radius 3 is 3.00 bits per heavy atom. The van der Waals surface area contributed by atoms with E-state index >= 15 is 0 Å². The van der Waals surface area contributed by atoms with Crippen LogP contribution in [0.3, 0.4) is 0 Å². The van der Waals surface area contributed by atoms with Crippen LogP contribution in [0.15, 0.2) is 24.3 Å². The number of ether oxygens (including phenoxy) is 2. The molecule has 1 atom stereocenters. The van der Waals surface area contributed by atoms with Gasteiger partial charge >= 0.3 is 5.97 Å². The monoisotopic (exact) mass is 320 g/mol. The fourth-order valence-electron chi connectivity index (χ4n) is 2.53. The van der Waals surface area contributed by atoms with Gasteiger partial charge in [0.25, 0.3) is 0 Å². The van der Waals surface area contributed by atoms with Gasteiger partial charge in [0.05, 0.1) is 7.11 Å². The van der Waals surface area contributed by atoms with Gasteiger partial charge in [-0.1, -0.05) is 12.1 Å². The van der Waals surface area contributed by atoms with Crippen LogP contribution >= 0.6 is 0 Å². The van der Waals surface area contributed by atoms with Crippen LogP contribution in [0.25, 0.3) is 0 Å². The average molecular weight is 320 g/mol. The van der Waals surface area contributed by atoms with Gasteiger partial charge in [0.2, 0.25) is 5.91 Å². The molecule has 0 aliphatic carbocycles. The van der Waals surface area contributed by atoms with Crippen molar-refractivity contribution in [1.29, 1.82) is 0 Å². The maximum absolute atomic E-state index is 11.9. The normalized spacial score (nSPS) is 16.8. The van der Waals surface area contributed by atoms with E-state index in [-0.39, 0.29) is 12.5 Å². The molecule has 0 aromatic heterocycles. The Morgan fingerprint density at radius 1 is 1.39 bits per heavy atom. The standard InChI is InChI=1S/C17H24N2O4/c1-22-17(21)12-23-15-4-2-3-14(9-15)11-19-16(20)6-5-13-7-8-18-10-13/h2-4,9,13,18H,5-8,10-12H2,1H3,(H,19,20). The Hall–Kier alpha value is -2.08. The summed E-state index contributed by atoms with van der Waals surface area (Å²) in [5.74, 6) is 0.845. The second-order valence-electron chi connectivity index (χ2n) is 5.69. The van der Waals surface area contributed by atoms with Crippen molar-refractivity contribution in [3.05, 3.63) is 29.8 Å². The summed E-state index contributed by atoms with van der Waals surface area (Å²) in [7, 11) is 1.32. The molecule has 1 amide bonds. The minimum atomic E-state index is -0.426. The van der Waals surface area contributed by atoms with Crippen molar-refractivity contribution in [2.24, 2.45) is 5.92 Å². The first kappa shape index (κ1) is 17.3. The first-order chi connectivity index (χ1) is 11.2. The number of rotatable bonds is 8. The number of carbonyl (C=O) groups excluding carboxylic acids is 2. The van der Waals surface area contributed by atoms with Crippen LogP contribution in [0.2, 0.25) is 0 Å². The van der Waals surface area contributed by atoms with Crippen molar-refractivity contribution in [3.8, 4) is 5.75 Å². The van der Waals surface area contributed by atoms with Gasteiger partial charge in [0, 0.05) is 13.0 Å². The number of esters is 1. The van der Waals surface area contributed by atoms with Crippen LogP contribution < -0.4 is 15.4 Å². The van der Waals surface area contributed by atoms with Crippen molar-refractivity contribution in [2.75, 3.05) is 26.8 Å². The van der Waals surface area contributed by atoms with E-state index in [0.29, 0.717) is 24.6 Å². The van der Waals surface area contributed by atoms with Gasteiger partial charge < -0.3 is 20.1 Å². The number of methoxy groups -OCH3 is 1. The van der Waals surface area contributed by atoms with Crippen molar-refractivity contribution >= 4 is 11.9 Å². The summed E-state index contributed by atoms with van der Waals surface area (Å²) < 4.78 is 9.85. The quantitative estimate of drug-likeness (QED) is 0.705. The Morgan fingerprint density at radius 2 is 2.26 bits per heavy atom. The molecule has 1 aromatic rings. The molecule has 1 heterocycles. The lowest BCUT2D eigenvalue weighted by molar-refractivity contribution is -0.142. The lowest BCUT2D eigenvalue weighted by Gasteiger charge is -2.10. The van der Waals surface area contributed by atoms with Gasteiger partial charge in [-0.3, -0.25) is 4.79 Å². The number of hydrogen-bond acceptors (Lipinski definition) is 5. The maximum atomic E-state index is 11.9. The van der Waals surface area contributed by atoms with Crippen LogP contribution in [0.5, 0.6) is 5.75 Å². The Balaban J connectivity index is 1.71. The maximum Gasteiger partial charge on any atom is 0.343 e. The van der Waals surface area contributed by atoms with Crippen LogP contribution in [0.4, 0.5) is 0 Å². The summed E-state index contributed by atoms with van der Waals surface area (Å²) >= 11 is 0. The molecular formula is C17H24N2O4. The van der Waals surface area contributed by atoms with Crippen molar-refractivity contribution in [3.63, 3.8) is 0 Å². The molecular weight excluding hydrogens is 296 g/mol. The van der Waals surface area contributed by atoms with Crippen molar-refractivity contribution in [2.45, 2.75) is 25.8 Å². The molecule has 1 aliphatic heterocycles. The topological polar surface area (TPSA) is 76.7 Å². The molecule has 126 valence electrons. The van der Waals surface area contributed by atoms with Gasteiger partial charge in [0.15, 0.2) is 6.61 Å². The second kappa shape index (κ2) is 9.15. The first-order valence-electron chi connectivity index (χ1n) is 7.93. The Labute approximate surface area is 136 Å². The van der Waals surface area contributed by atoms with Crippen molar-refractivity contribution in [1.82, 2.24) is 10.6 Å². The molecule has 0 spiro atoms. The molecule has 6 nitrogen and oxygen atoms in total. The lowest BCUT2D eigenvalue weighted by Crippen LogP contribution is -2.23. The van der Waals surface area contributed by atoms with E-state index in [1.807, 2.05) is 18.2 Å². The van der Waals surface area contributed by atoms with E-state index in [1.54, 1.807) is 6.07 Å². The predicted octanol–water partition coefficient (Wildman–Crippen LogP) is 1.24. The summed E-state index contributed by atoms with van der Waals surface area (Å²) in [4.78, 5) is 22.9. The third kappa shape index (κ3) is 6.28. The van der Waals surface area contributed by atoms with Crippen LogP contribution in [-0.4, -0.2) is 38.7 Å². The summed E-state index contributed by atoms with van der Waals surface area (Å²) in [6.45, 7) is 2.41. The zero-order valence-electron chi connectivity index (χ0n) is 13.5. The summed E-state index contributed by atoms with van der Waals surface area (Å²) in [6.07, 6.45) is 2.65. The smallest absolute Gasteiger partial charge is 0.343 e. The molecule has 2 N–H and O–H groups in total. The van der Waals surface area contributed by atoms with E-state index < -0.39 is 5.97 Å². The SMILES string of the molecule is COC(=O)COc1cccc(CNC(=O)CCC2CCNC2)c1.